The van der Waals surface area contributed by atoms with E-state index in [4.69, 9.17) is 0 Å². The molecular formula is C18H25N3O3. The number of fused-ring (bicyclic) bond motifs is 1. The smallest absolute Gasteiger partial charge is 0.242 e. The predicted molar refractivity (Wildman–Crippen MR) is 91.6 cm³/mol. The Labute approximate surface area is 141 Å². The Balaban J connectivity index is 1.85. The van der Waals surface area contributed by atoms with Crippen LogP contribution in [0.5, 0.6) is 0 Å². The zero-order chi connectivity index (χ0) is 17.5. The van der Waals surface area contributed by atoms with Crippen molar-refractivity contribution in [3.63, 3.8) is 0 Å². The first-order valence-electron chi connectivity index (χ1n) is 8.43. The number of benzene rings is 1. The molecular weight excluding hydrogens is 306 g/mol. The molecule has 130 valence electrons. The largest absolute Gasteiger partial charge is 0.388 e. The van der Waals surface area contributed by atoms with Gasteiger partial charge in [0.1, 0.15) is 12.4 Å². The third kappa shape index (κ3) is 3.03. The second-order valence-electron chi connectivity index (χ2n) is 7.16. The monoisotopic (exact) mass is 331 g/mol. The van der Waals surface area contributed by atoms with Crippen LogP contribution in [0.15, 0.2) is 24.3 Å². The molecule has 6 nitrogen and oxygen atoms in total. The van der Waals surface area contributed by atoms with Gasteiger partial charge in [0.15, 0.2) is 0 Å². The minimum Gasteiger partial charge on any atom is -0.388 e. The van der Waals surface area contributed by atoms with Gasteiger partial charge >= 0.3 is 0 Å². The van der Waals surface area contributed by atoms with Crippen molar-refractivity contribution in [3.05, 3.63) is 30.1 Å². The topological polar surface area (TPSA) is 78.6 Å². The molecule has 0 radical (unpaired) electrons. The van der Waals surface area contributed by atoms with Crippen molar-refractivity contribution in [3.8, 4) is 0 Å². The van der Waals surface area contributed by atoms with E-state index in [1.54, 1.807) is 11.8 Å². The fraction of sp³-hybridized carbons (Fsp3) is 0.556. The summed E-state index contributed by atoms with van der Waals surface area (Å²) < 4.78 is 1.96. The van der Waals surface area contributed by atoms with Gasteiger partial charge in [-0.05, 0) is 25.5 Å². The normalized spacial score (nSPS) is 24.8. The Hall–Kier alpha value is -1.92. The van der Waals surface area contributed by atoms with Gasteiger partial charge in [-0.15, -0.1) is 0 Å². The summed E-state index contributed by atoms with van der Waals surface area (Å²) in [6.45, 7) is 6.54. The van der Waals surface area contributed by atoms with E-state index in [2.05, 4.69) is 18.8 Å². The molecule has 2 heterocycles. The summed E-state index contributed by atoms with van der Waals surface area (Å²) in [7, 11) is 0. The molecule has 1 aliphatic heterocycles. The molecule has 0 unspecified atom stereocenters. The van der Waals surface area contributed by atoms with Crippen LogP contribution in [-0.4, -0.2) is 55.4 Å². The summed E-state index contributed by atoms with van der Waals surface area (Å²) in [6.07, 6.45) is -0.541. The van der Waals surface area contributed by atoms with Gasteiger partial charge < -0.3 is 19.7 Å². The maximum atomic E-state index is 12.7. The lowest BCUT2D eigenvalue weighted by molar-refractivity contribution is -0.146. The van der Waals surface area contributed by atoms with Crippen molar-refractivity contribution in [2.75, 3.05) is 13.1 Å². The molecule has 3 rings (SSSR count). The third-order valence-electron chi connectivity index (χ3n) is 4.85. The number of amides is 1. The number of nitrogens with zero attached hydrogens (tertiary/aromatic N) is 3. The molecule has 2 N–H and O–H groups in total. The van der Waals surface area contributed by atoms with E-state index in [0.717, 1.165) is 16.9 Å². The lowest BCUT2D eigenvalue weighted by atomic mass is 9.91. The van der Waals surface area contributed by atoms with Crippen molar-refractivity contribution in [1.29, 1.82) is 0 Å². The first-order chi connectivity index (χ1) is 11.3. The van der Waals surface area contributed by atoms with Crippen molar-refractivity contribution < 1.29 is 15.0 Å². The number of piperidine rings is 1. The average molecular weight is 331 g/mol. The first kappa shape index (κ1) is 16.9. The number of para-hydroxylation sites is 2. The second kappa shape index (κ2) is 6.18. The number of carbonyl (C=O) groups is 1. The zero-order valence-corrected chi connectivity index (χ0v) is 14.4. The summed E-state index contributed by atoms with van der Waals surface area (Å²) in [6, 6.07) is 7.80. The molecule has 0 saturated carbocycles. The number of rotatable bonds is 3. The van der Waals surface area contributed by atoms with Gasteiger partial charge in [0, 0.05) is 19.0 Å². The highest BCUT2D eigenvalue weighted by atomic mass is 16.3. The van der Waals surface area contributed by atoms with Crippen LogP contribution >= 0.6 is 0 Å². The molecule has 0 bridgehead atoms. The summed E-state index contributed by atoms with van der Waals surface area (Å²) in [5.41, 5.74) is 0.705. The minimum absolute atomic E-state index is 0.0606. The van der Waals surface area contributed by atoms with Gasteiger partial charge in [-0.25, -0.2) is 4.98 Å². The minimum atomic E-state index is -1.12. The predicted octanol–water partition coefficient (Wildman–Crippen LogP) is 1.50. The van der Waals surface area contributed by atoms with Gasteiger partial charge in [-0.1, -0.05) is 26.0 Å². The molecule has 2 atom stereocenters. The standard InChI is InChI=1S/C18H25N3O3/c1-12(2)17-19-13-6-4-5-7-14(13)21(17)11-16(23)20-9-8-18(3,24)15(22)10-20/h4-7,12,15,22,24H,8-11H2,1-3H3/t15-,18+/m0/s1. The maximum absolute atomic E-state index is 12.7. The van der Waals surface area contributed by atoms with Crippen molar-refractivity contribution in [1.82, 2.24) is 14.5 Å². The van der Waals surface area contributed by atoms with Crippen LogP contribution in [0.2, 0.25) is 0 Å². The maximum Gasteiger partial charge on any atom is 0.242 e. The van der Waals surface area contributed by atoms with E-state index in [1.165, 1.54) is 0 Å². The fourth-order valence-electron chi connectivity index (χ4n) is 3.19. The molecule has 1 aliphatic rings. The Kier molecular flexibility index (Phi) is 4.36. The van der Waals surface area contributed by atoms with E-state index in [-0.39, 0.29) is 24.9 Å². The van der Waals surface area contributed by atoms with E-state index < -0.39 is 11.7 Å². The molecule has 1 aromatic heterocycles. The number of carbonyl (C=O) groups excluding carboxylic acids is 1. The third-order valence-corrected chi connectivity index (χ3v) is 4.85. The van der Waals surface area contributed by atoms with Gasteiger partial charge in [-0.2, -0.15) is 0 Å². The Bertz CT molecular complexity index is 751. The number of likely N-dealkylation sites (tertiary alicyclic amines) is 1. The quantitative estimate of drug-likeness (QED) is 0.893. The summed E-state index contributed by atoms with van der Waals surface area (Å²) in [4.78, 5) is 19.0. The molecule has 1 amide bonds. The SMILES string of the molecule is CC(C)c1nc2ccccc2n1CC(=O)N1CC[C@@](C)(O)[C@@H](O)C1. The van der Waals surface area contributed by atoms with Crippen molar-refractivity contribution >= 4 is 16.9 Å². The van der Waals surface area contributed by atoms with Gasteiger partial charge in [0.2, 0.25) is 5.91 Å². The highest BCUT2D eigenvalue weighted by Gasteiger charge is 2.38. The lowest BCUT2D eigenvalue weighted by Crippen LogP contribution is -2.55. The molecule has 1 aromatic carbocycles. The van der Waals surface area contributed by atoms with Crippen LogP contribution in [-0.2, 0) is 11.3 Å². The molecule has 1 saturated heterocycles. The van der Waals surface area contributed by atoms with Crippen LogP contribution < -0.4 is 0 Å². The van der Waals surface area contributed by atoms with E-state index in [0.29, 0.717) is 13.0 Å². The fourth-order valence-corrected chi connectivity index (χ4v) is 3.19. The number of β-amino-alcohol motifs (C(OH)–C–C–N with tert-alkyl or cyclic N) is 1. The lowest BCUT2D eigenvalue weighted by Gasteiger charge is -2.40. The molecule has 0 spiro atoms. The van der Waals surface area contributed by atoms with Crippen molar-refractivity contribution in [2.24, 2.45) is 0 Å². The van der Waals surface area contributed by atoms with E-state index in [9.17, 15) is 15.0 Å². The number of aliphatic hydroxyl groups is 2. The highest BCUT2D eigenvalue weighted by molar-refractivity contribution is 5.81. The Morgan fingerprint density at radius 2 is 2.12 bits per heavy atom. The average Bonchev–Trinajstić information content (AvgIpc) is 2.89. The zero-order valence-electron chi connectivity index (χ0n) is 14.4. The van der Waals surface area contributed by atoms with Crippen molar-refractivity contribution in [2.45, 2.75) is 51.4 Å². The van der Waals surface area contributed by atoms with Crippen LogP contribution in [0.3, 0.4) is 0 Å². The van der Waals surface area contributed by atoms with Crippen LogP contribution in [0, 0.1) is 0 Å². The molecule has 6 heteroatoms. The molecule has 0 aliphatic carbocycles. The number of hydrogen-bond acceptors (Lipinski definition) is 4. The number of aromatic nitrogens is 2. The van der Waals surface area contributed by atoms with Gasteiger partial charge in [0.25, 0.3) is 0 Å². The van der Waals surface area contributed by atoms with E-state index in [1.807, 2.05) is 28.8 Å². The van der Waals surface area contributed by atoms with Gasteiger partial charge in [-0.3, -0.25) is 4.79 Å². The van der Waals surface area contributed by atoms with Crippen LogP contribution in [0.4, 0.5) is 0 Å². The summed E-state index contributed by atoms with van der Waals surface area (Å²) in [5.74, 6) is 1.03. The molecule has 24 heavy (non-hydrogen) atoms. The number of hydrogen-bond donors (Lipinski definition) is 2. The first-order valence-corrected chi connectivity index (χ1v) is 8.43. The van der Waals surface area contributed by atoms with Crippen LogP contribution in [0.1, 0.15) is 38.9 Å². The van der Waals surface area contributed by atoms with E-state index >= 15 is 0 Å². The summed E-state index contributed by atoms with van der Waals surface area (Å²) >= 11 is 0. The second-order valence-corrected chi connectivity index (χ2v) is 7.16. The number of aliphatic hydroxyl groups excluding tert-OH is 1. The number of imidazole rings is 1. The summed E-state index contributed by atoms with van der Waals surface area (Å²) in [5, 5.41) is 20.1. The van der Waals surface area contributed by atoms with Gasteiger partial charge in [0.05, 0.1) is 22.7 Å². The Morgan fingerprint density at radius 1 is 1.42 bits per heavy atom. The van der Waals surface area contributed by atoms with Crippen LogP contribution in [0.25, 0.3) is 11.0 Å². The molecule has 1 fully saturated rings. The Morgan fingerprint density at radius 3 is 2.79 bits per heavy atom. The highest BCUT2D eigenvalue weighted by Crippen LogP contribution is 2.24. The molecule has 2 aromatic rings.